The first kappa shape index (κ1) is 28.4. The summed E-state index contributed by atoms with van der Waals surface area (Å²) in [6, 6.07) is 7.52. The molecule has 1 saturated heterocycles. The van der Waals surface area contributed by atoms with Gasteiger partial charge in [-0.05, 0) is 63.2 Å². The highest BCUT2D eigenvalue weighted by molar-refractivity contribution is 5.97. The maximum Gasteiger partial charge on any atom is 0.290 e. The Morgan fingerprint density at radius 3 is 2.83 bits per heavy atom. The number of likely N-dealkylation sites (tertiary alicyclic amines) is 1. The van der Waals surface area contributed by atoms with Crippen LogP contribution in [-0.4, -0.2) is 97.8 Å². The molecule has 3 N–H and O–H groups in total. The Labute approximate surface area is 231 Å². The van der Waals surface area contributed by atoms with Crippen LogP contribution >= 0.6 is 0 Å². The summed E-state index contributed by atoms with van der Waals surface area (Å²) in [5.74, 6) is -0.193. The molecule has 1 aliphatic rings. The number of nitrogens with zero attached hydrogens (tertiary/aromatic N) is 6. The van der Waals surface area contributed by atoms with Crippen LogP contribution in [0.3, 0.4) is 0 Å². The van der Waals surface area contributed by atoms with Crippen molar-refractivity contribution in [2.45, 2.75) is 31.7 Å². The lowest BCUT2D eigenvalue weighted by Crippen LogP contribution is -2.51. The van der Waals surface area contributed by atoms with Gasteiger partial charge in [0.1, 0.15) is 11.7 Å². The van der Waals surface area contributed by atoms with Crippen LogP contribution in [0.5, 0.6) is 0 Å². The molecule has 1 atom stereocenters. The van der Waals surface area contributed by atoms with E-state index in [1.165, 1.54) is 0 Å². The zero-order chi connectivity index (χ0) is 28.5. The summed E-state index contributed by atoms with van der Waals surface area (Å²) >= 11 is 0. The fourth-order valence-electron chi connectivity index (χ4n) is 4.86. The summed E-state index contributed by atoms with van der Waals surface area (Å²) in [6.45, 7) is 1.52. The first-order valence-corrected chi connectivity index (χ1v) is 13.2. The molecular formula is C28H34N8O4. The molecule has 210 valence electrons. The topological polar surface area (TPSA) is 149 Å². The van der Waals surface area contributed by atoms with Crippen LogP contribution < -0.4 is 5.32 Å². The number of aromatic amines is 1. The predicted octanol–water partition coefficient (Wildman–Crippen LogP) is 2.13. The van der Waals surface area contributed by atoms with E-state index in [1.807, 2.05) is 49.5 Å². The number of rotatable bonds is 8. The van der Waals surface area contributed by atoms with Crippen molar-refractivity contribution in [2.75, 3.05) is 33.7 Å². The standard InChI is InChI=1S/C27H32N8O2.CH2O2/c1-33(2)15-6-9-25(36)34-16-4-3-7-24(34)27(37)29-13-10-19-17-21-20(11-14-28-26(21)32-19)22-18-31-35-23(22)8-5-12-30-35;2-1-3/h5-6,8-9,11-12,14,17-18,24H,3-4,7,10,13,15-16H2,1-2H3,(H,28,32)(H,29,37);1H,(H,2,3)/b9-6+;/t24-;/m1./s1. The van der Waals surface area contributed by atoms with E-state index < -0.39 is 6.04 Å². The molecule has 40 heavy (non-hydrogen) atoms. The Kier molecular flexibility index (Phi) is 9.57. The zero-order valence-electron chi connectivity index (χ0n) is 22.7. The van der Waals surface area contributed by atoms with Gasteiger partial charge in [0.05, 0.1) is 11.7 Å². The van der Waals surface area contributed by atoms with E-state index in [0.717, 1.165) is 46.2 Å². The second-order valence-electron chi connectivity index (χ2n) is 9.73. The fraction of sp³-hybridized carbons (Fsp3) is 0.357. The number of carbonyl (C=O) groups is 3. The second-order valence-corrected chi connectivity index (χ2v) is 9.73. The van der Waals surface area contributed by atoms with Crippen molar-refractivity contribution in [3.8, 4) is 11.1 Å². The predicted molar refractivity (Wildman–Crippen MR) is 151 cm³/mol. The molecule has 1 fully saturated rings. The van der Waals surface area contributed by atoms with Gasteiger partial charge in [-0.15, -0.1) is 0 Å². The van der Waals surface area contributed by atoms with Gasteiger partial charge in [0.2, 0.25) is 11.8 Å². The minimum Gasteiger partial charge on any atom is -0.483 e. The van der Waals surface area contributed by atoms with Crippen LogP contribution in [0, 0.1) is 0 Å². The molecule has 0 saturated carbocycles. The molecule has 1 aliphatic heterocycles. The number of amides is 2. The molecule has 0 radical (unpaired) electrons. The van der Waals surface area contributed by atoms with Crippen LogP contribution in [0.25, 0.3) is 27.7 Å². The number of H-pyrrole nitrogens is 1. The number of carbonyl (C=O) groups excluding carboxylic acids is 2. The summed E-state index contributed by atoms with van der Waals surface area (Å²) in [7, 11) is 3.90. The highest BCUT2D eigenvalue weighted by atomic mass is 16.3. The van der Waals surface area contributed by atoms with Gasteiger partial charge in [-0.1, -0.05) is 6.08 Å². The maximum absolute atomic E-state index is 13.0. The molecular weight excluding hydrogens is 512 g/mol. The van der Waals surface area contributed by atoms with E-state index in [0.29, 0.717) is 32.5 Å². The first-order valence-electron chi connectivity index (χ1n) is 13.2. The molecule has 4 aromatic rings. The van der Waals surface area contributed by atoms with Crippen LogP contribution in [0.15, 0.2) is 55.0 Å². The first-order chi connectivity index (χ1) is 19.4. The van der Waals surface area contributed by atoms with Gasteiger partial charge in [0, 0.05) is 61.2 Å². The smallest absolute Gasteiger partial charge is 0.290 e. The maximum atomic E-state index is 13.0. The van der Waals surface area contributed by atoms with E-state index in [1.54, 1.807) is 28.0 Å². The van der Waals surface area contributed by atoms with Gasteiger partial charge in [-0.25, -0.2) is 4.98 Å². The Hall–Kier alpha value is -4.58. The number of nitrogens with one attached hydrogen (secondary N) is 2. The molecule has 0 bridgehead atoms. The zero-order valence-corrected chi connectivity index (χ0v) is 22.7. The van der Waals surface area contributed by atoms with Crippen LogP contribution in [0.4, 0.5) is 0 Å². The lowest BCUT2D eigenvalue weighted by molar-refractivity contribution is -0.138. The van der Waals surface area contributed by atoms with Crippen molar-refractivity contribution in [1.82, 2.24) is 39.9 Å². The van der Waals surface area contributed by atoms with Gasteiger partial charge in [0.25, 0.3) is 6.47 Å². The Morgan fingerprint density at radius 2 is 2.02 bits per heavy atom. The summed E-state index contributed by atoms with van der Waals surface area (Å²) in [5, 5.41) is 19.5. The van der Waals surface area contributed by atoms with E-state index in [2.05, 4.69) is 31.5 Å². The fourth-order valence-corrected chi connectivity index (χ4v) is 4.86. The second kappa shape index (κ2) is 13.5. The molecule has 0 spiro atoms. The van der Waals surface area contributed by atoms with Gasteiger partial charge in [-0.2, -0.15) is 14.8 Å². The third-order valence-electron chi connectivity index (χ3n) is 6.69. The van der Waals surface area contributed by atoms with Crippen molar-refractivity contribution in [2.24, 2.45) is 0 Å². The summed E-state index contributed by atoms with van der Waals surface area (Å²) in [5.41, 5.74) is 4.70. The molecule has 4 aromatic heterocycles. The molecule has 5 rings (SSSR count). The van der Waals surface area contributed by atoms with Gasteiger partial charge in [0.15, 0.2) is 0 Å². The molecule has 12 heteroatoms. The number of hydrogen-bond acceptors (Lipinski definition) is 7. The molecule has 0 aromatic carbocycles. The lowest BCUT2D eigenvalue weighted by Gasteiger charge is -2.34. The normalized spacial score (nSPS) is 15.4. The van der Waals surface area contributed by atoms with Gasteiger partial charge < -0.3 is 25.2 Å². The van der Waals surface area contributed by atoms with Crippen molar-refractivity contribution in [3.63, 3.8) is 0 Å². The monoisotopic (exact) mass is 546 g/mol. The Bertz CT molecular complexity index is 1490. The largest absolute Gasteiger partial charge is 0.483 e. The minimum atomic E-state index is -0.425. The highest BCUT2D eigenvalue weighted by Crippen LogP contribution is 2.30. The summed E-state index contributed by atoms with van der Waals surface area (Å²) in [6.07, 6.45) is 11.9. The van der Waals surface area contributed by atoms with Gasteiger partial charge >= 0.3 is 0 Å². The average molecular weight is 547 g/mol. The molecule has 5 heterocycles. The summed E-state index contributed by atoms with van der Waals surface area (Å²) < 4.78 is 1.61. The van der Waals surface area contributed by atoms with E-state index in [-0.39, 0.29) is 18.3 Å². The third kappa shape index (κ3) is 6.70. The number of pyridine rings is 1. The average Bonchev–Trinajstić information content (AvgIpc) is 3.57. The Morgan fingerprint density at radius 1 is 1.20 bits per heavy atom. The van der Waals surface area contributed by atoms with Crippen LogP contribution in [0.2, 0.25) is 0 Å². The Balaban J connectivity index is 0.00000118. The molecule has 0 aliphatic carbocycles. The minimum absolute atomic E-state index is 0.0946. The number of piperidine rings is 1. The van der Waals surface area contributed by atoms with E-state index in [4.69, 9.17) is 9.90 Å². The van der Waals surface area contributed by atoms with Crippen molar-refractivity contribution in [3.05, 3.63) is 60.7 Å². The number of fused-ring (bicyclic) bond motifs is 2. The highest BCUT2D eigenvalue weighted by Gasteiger charge is 2.30. The van der Waals surface area contributed by atoms with Crippen LogP contribution in [-0.2, 0) is 20.8 Å². The third-order valence-corrected chi connectivity index (χ3v) is 6.69. The number of carboxylic acid groups (broad SMARTS) is 1. The van der Waals surface area contributed by atoms with E-state index >= 15 is 0 Å². The lowest BCUT2D eigenvalue weighted by atomic mass is 10.0. The number of likely N-dealkylation sites (N-methyl/N-ethyl adjacent to an activating group) is 1. The number of aromatic nitrogens is 5. The quantitative estimate of drug-likeness (QED) is 0.225. The van der Waals surface area contributed by atoms with Gasteiger partial charge in [-0.3, -0.25) is 14.4 Å². The SMILES string of the molecule is CN(C)C/C=C/C(=O)N1CCCC[C@@H]1C(=O)NCCc1cc2c(-c3cnn4ncccc34)ccnc2[nH]1.O=CO. The molecule has 0 unspecified atom stereocenters. The molecule has 12 nitrogen and oxygen atoms in total. The van der Waals surface area contributed by atoms with Crippen molar-refractivity contribution in [1.29, 1.82) is 0 Å². The summed E-state index contributed by atoms with van der Waals surface area (Å²) in [4.78, 5) is 45.7. The van der Waals surface area contributed by atoms with Crippen LogP contribution in [0.1, 0.15) is 25.0 Å². The van der Waals surface area contributed by atoms with E-state index in [9.17, 15) is 9.59 Å². The number of hydrogen-bond donors (Lipinski definition) is 3. The van der Waals surface area contributed by atoms with Crippen molar-refractivity contribution >= 4 is 34.8 Å². The van der Waals surface area contributed by atoms with Crippen molar-refractivity contribution < 1.29 is 19.5 Å². The molecule has 2 amide bonds.